The van der Waals surface area contributed by atoms with Crippen LogP contribution < -0.4 is 10.6 Å². The number of thioether (sulfide) groups is 1. The van der Waals surface area contributed by atoms with E-state index in [0.717, 1.165) is 23.1 Å². The van der Waals surface area contributed by atoms with Gasteiger partial charge in [0.05, 0.1) is 10.8 Å². The van der Waals surface area contributed by atoms with Crippen molar-refractivity contribution in [1.82, 2.24) is 15.3 Å². The molecule has 4 rings (SSSR count). The van der Waals surface area contributed by atoms with Gasteiger partial charge in [-0.3, -0.25) is 4.79 Å². The van der Waals surface area contributed by atoms with E-state index >= 15 is 0 Å². The van der Waals surface area contributed by atoms with Crippen LogP contribution in [0.25, 0.3) is 10.9 Å². The van der Waals surface area contributed by atoms with Crippen molar-refractivity contribution in [3.63, 3.8) is 0 Å². The van der Waals surface area contributed by atoms with Crippen molar-refractivity contribution >= 4 is 34.4 Å². The molecule has 0 aliphatic heterocycles. The maximum atomic E-state index is 12.5. The number of carbonyl (C=O) groups is 1. The summed E-state index contributed by atoms with van der Waals surface area (Å²) in [4.78, 5) is 21.8. The van der Waals surface area contributed by atoms with E-state index in [1.807, 2.05) is 49.4 Å². The normalized spacial score (nSPS) is 14.6. The lowest BCUT2D eigenvalue weighted by atomic mass is 10.1. The minimum atomic E-state index is -0.259. The number of anilines is 1. The Hall–Kier alpha value is -2.60. The molecule has 1 atom stereocenters. The van der Waals surface area contributed by atoms with Crippen LogP contribution >= 0.6 is 11.8 Å². The van der Waals surface area contributed by atoms with Crippen molar-refractivity contribution in [2.24, 2.45) is 0 Å². The number of amides is 1. The molecule has 1 fully saturated rings. The minimum Gasteiger partial charge on any atom is -0.367 e. The van der Waals surface area contributed by atoms with Crippen molar-refractivity contribution < 1.29 is 4.79 Å². The Labute approximate surface area is 169 Å². The maximum absolute atomic E-state index is 12.5. The fourth-order valence-corrected chi connectivity index (χ4v) is 3.77. The zero-order valence-electron chi connectivity index (χ0n) is 15.9. The second-order valence-electron chi connectivity index (χ2n) is 7.08. The molecule has 1 unspecified atom stereocenters. The first-order valence-electron chi connectivity index (χ1n) is 9.70. The van der Waals surface area contributed by atoms with Gasteiger partial charge >= 0.3 is 0 Å². The summed E-state index contributed by atoms with van der Waals surface area (Å²) in [6.45, 7) is 2.52. The number of nitrogens with one attached hydrogen (secondary N) is 2. The first-order valence-corrected chi connectivity index (χ1v) is 10.6. The van der Waals surface area contributed by atoms with Crippen LogP contribution in [0.2, 0.25) is 0 Å². The highest BCUT2D eigenvalue weighted by atomic mass is 32.2. The van der Waals surface area contributed by atoms with E-state index in [0.29, 0.717) is 17.7 Å². The monoisotopic (exact) mass is 392 g/mol. The Balaban J connectivity index is 1.39. The largest absolute Gasteiger partial charge is 0.367 e. The van der Waals surface area contributed by atoms with Gasteiger partial charge in [-0.25, -0.2) is 9.97 Å². The molecule has 2 N–H and O–H groups in total. The Kier molecular flexibility index (Phi) is 5.76. The summed E-state index contributed by atoms with van der Waals surface area (Å²) < 4.78 is 0. The second kappa shape index (κ2) is 8.61. The standard InChI is InChI=1S/C22H24N4OS/c1-15(21(27)23-14-13-16-7-3-2-4-8-16)28-22-25-19-10-6-5-9-18(19)20(26-22)24-17-11-12-17/h2-10,15,17H,11-14H2,1H3,(H,23,27)(H,24,25,26). The molecular weight excluding hydrogens is 368 g/mol. The maximum Gasteiger partial charge on any atom is 0.233 e. The molecule has 0 spiro atoms. The van der Waals surface area contributed by atoms with E-state index in [4.69, 9.17) is 4.98 Å². The molecule has 144 valence electrons. The summed E-state index contributed by atoms with van der Waals surface area (Å²) in [7, 11) is 0. The van der Waals surface area contributed by atoms with Gasteiger partial charge in [-0.05, 0) is 43.9 Å². The molecular formula is C22H24N4OS. The van der Waals surface area contributed by atoms with Crippen molar-refractivity contribution in [3.8, 4) is 0 Å². The van der Waals surface area contributed by atoms with E-state index in [2.05, 4.69) is 27.8 Å². The molecule has 6 heteroatoms. The van der Waals surface area contributed by atoms with Gasteiger partial charge in [-0.2, -0.15) is 0 Å². The quantitative estimate of drug-likeness (QED) is 0.447. The van der Waals surface area contributed by atoms with Gasteiger partial charge < -0.3 is 10.6 Å². The molecule has 5 nitrogen and oxygen atoms in total. The summed E-state index contributed by atoms with van der Waals surface area (Å²) in [5.41, 5.74) is 2.12. The van der Waals surface area contributed by atoms with Gasteiger partial charge in [0.2, 0.25) is 5.91 Å². The first kappa shape index (κ1) is 18.7. The average Bonchev–Trinajstić information content (AvgIpc) is 3.53. The lowest BCUT2D eigenvalue weighted by molar-refractivity contribution is -0.120. The second-order valence-corrected chi connectivity index (χ2v) is 8.39. The van der Waals surface area contributed by atoms with E-state index in [9.17, 15) is 4.79 Å². The molecule has 3 aromatic rings. The van der Waals surface area contributed by atoms with Gasteiger partial charge in [-0.15, -0.1) is 0 Å². The van der Waals surface area contributed by atoms with Crippen LogP contribution in [-0.4, -0.2) is 33.7 Å². The van der Waals surface area contributed by atoms with Gasteiger partial charge in [-0.1, -0.05) is 54.2 Å². The highest BCUT2D eigenvalue weighted by molar-refractivity contribution is 8.00. The lowest BCUT2D eigenvalue weighted by Crippen LogP contribution is -2.32. The molecule has 28 heavy (non-hydrogen) atoms. The predicted molar refractivity (Wildman–Crippen MR) is 115 cm³/mol. The zero-order valence-corrected chi connectivity index (χ0v) is 16.7. The molecule has 1 aliphatic carbocycles. The van der Waals surface area contributed by atoms with Crippen LogP contribution in [0.15, 0.2) is 59.8 Å². The van der Waals surface area contributed by atoms with Crippen LogP contribution in [0.5, 0.6) is 0 Å². The van der Waals surface area contributed by atoms with Crippen LogP contribution in [0, 0.1) is 0 Å². The molecule has 1 saturated carbocycles. The van der Waals surface area contributed by atoms with E-state index < -0.39 is 0 Å². The van der Waals surface area contributed by atoms with Crippen molar-refractivity contribution in [3.05, 3.63) is 60.2 Å². The van der Waals surface area contributed by atoms with E-state index in [1.165, 1.54) is 30.2 Å². The van der Waals surface area contributed by atoms with E-state index in [-0.39, 0.29) is 11.2 Å². The number of carbonyl (C=O) groups excluding carboxylic acids is 1. The van der Waals surface area contributed by atoms with Crippen molar-refractivity contribution in [2.45, 2.75) is 42.6 Å². The number of benzene rings is 2. The Morgan fingerprint density at radius 3 is 2.64 bits per heavy atom. The molecule has 1 amide bonds. The van der Waals surface area contributed by atoms with Crippen molar-refractivity contribution in [1.29, 1.82) is 0 Å². The molecule has 1 aromatic heterocycles. The minimum absolute atomic E-state index is 0.00870. The van der Waals surface area contributed by atoms with Crippen LogP contribution in [0.1, 0.15) is 25.3 Å². The predicted octanol–water partition coefficient (Wildman–Crippen LogP) is 4.04. The third-order valence-corrected chi connectivity index (χ3v) is 5.67. The number of rotatable bonds is 8. The summed E-state index contributed by atoms with van der Waals surface area (Å²) in [6.07, 6.45) is 3.19. The highest BCUT2D eigenvalue weighted by Crippen LogP contribution is 2.30. The van der Waals surface area contributed by atoms with Gasteiger partial charge in [0.25, 0.3) is 0 Å². The molecule has 1 heterocycles. The third kappa shape index (κ3) is 4.81. The number of aromatic nitrogens is 2. The Morgan fingerprint density at radius 2 is 1.86 bits per heavy atom. The fourth-order valence-electron chi connectivity index (χ4n) is 2.97. The van der Waals surface area contributed by atoms with Gasteiger partial charge in [0.15, 0.2) is 5.16 Å². The number of fused-ring (bicyclic) bond motifs is 1. The fraction of sp³-hybridized carbons (Fsp3) is 0.318. The summed E-state index contributed by atoms with van der Waals surface area (Å²) in [5.74, 6) is 0.877. The van der Waals surface area contributed by atoms with Crippen LogP contribution in [0.3, 0.4) is 0 Å². The van der Waals surface area contributed by atoms with Crippen molar-refractivity contribution in [2.75, 3.05) is 11.9 Å². The molecule has 0 radical (unpaired) electrons. The van der Waals surface area contributed by atoms with E-state index in [1.54, 1.807) is 0 Å². The number of hydrogen-bond acceptors (Lipinski definition) is 5. The zero-order chi connectivity index (χ0) is 19.3. The van der Waals surface area contributed by atoms with Crippen LogP contribution in [-0.2, 0) is 11.2 Å². The summed E-state index contributed by atoms with van der Waals surface area (Å²) in [5, 5.41) is 7.90. The Bertz CT molecular complexity index is 959. The summed E-state index contributed by atoms with van der Waals surface area (Å²) >= 11 is 1.40. The third-order valence-electron chi connectivity index (χ3n) is 4.71. The topological polar surface area (TPSA) is 66.9 Å². The lowest BCUT2D eigenvalue weighted by Gasteiger charge is -2.13. The molecule has 0 bridgehead atoms. The number of hydrogen-bond donors (Lipinski definition) is 2. The highest BCUT2D eigenvalue weighted by Gasteiger charge is 2.23. The summed E-state index contributed by atoms with van der Waals surface area (Å²) in [6, 6.07) is 18.7. The first-order chi connectivity index (χ1) is 13.7. The molecule has 1 aliphatic rings. The SMILES string of the molecule is CC(Sc1nc(NC2CC2)c2ccccc2n1)C(=O)NCCc1ccccc1. The smallest absolute Gasteiger partial charge is 0.233 e. The molecule has 2 aromatic carbocycles. The number of para-hydroxylation sites is 1. The van der Waals surface area contributed by atoms with Gasteiger partial charge in [0, 0.05) is 18.0 Å². The molecule has 0 saturated heterocycles. The number of nitrogens with zero attached hydrogens (tertiary/aromatic N) is 2. The van der Waals surface area contributed by atoms with Gasteiger partial charge in [0.1, 0.15) is 5.82 Å². The Morgan fingerprint density at radius 1 is 1.11 bits per heavy atom. The average molecular weight is 393 g/mol. The van der Waals surface area contributed by atoms with Crippen LogP contribution in [0.4, 0.5) is 5.82 Å².